The molecule has 0 spiro atoms. The molecule has 24 nitrogen and oxygen atoms in total. The molecule has 18 aromatic rings. The summed E-state index contributed by atoms with van der Waals surface area (Å²) in [4.78, 5) is 114. The average molecular weight is 1960 g/mol. The minimum atomic E-state index is 0.0458. The fourth-order valence-electron chi connectivity index (χ4n) is 18.5. The van der Waals surface area contributed by atoms with Crippen LogP contribution in [0, 0.1) is 34.6 Å². The first-order chi connectivity index (χ1) is 72.7. The Hall–Kier alpha value is -18.1. The third-order valence-electron chi connectivity index (χ3n) is 26.9. The zero-order valence-corrected chi connectivity index (χ0v) is 83.8. The van der Waals surface area contributed by atoms with Crippen molar-refractivity contribution in [3.8, 4) is 67.2 Å². The summed E-state index contributed by atoms with van der Waals surface area (Å²) in [5.74, 6) is 2.87. The number of aryl methyl sites for hydroxylation is 17. The third-order valence-corrected chi connectivity index (χ3v) is 26.9. The number of anilines is 6. The predicted molar refractivity (Wildman–Crippen MR) is 586 cm³/mol. The summed E-state index contributed by atoms with van der Waals surface area (Å²) in [6.07, 6.45) is 28.3. The van der Waals surface area contributed by atoms with Crippen LogP contribution in [0.25, 0.3) is 67.2 Å². The Morgan fingerprint density at radius 2 is 0.490 bits per heavy atom. The van der Waals surface area contributed by atoms with Crippen molar-refractivity contribution in [3.63, 3.8) is 0 Å². The molecule has 6 aromatic heterocycles. The van der Waals surface area contributed by atoms with Gasteiger partial charge in [-0.1, -0.05) is 217 Å². The molecule has 738 valence electrons. The number of aromatic nitrogens is 12. The molecule has 149 heavy (non-hydrogen) atoms. The first kappa shape index (κ1) is 99.7. The second-order valence-corrected chi connectivity index (χ2v) is 38.1. The van der Waals surface area contributed by atoms with Crippen LogP contribution in [0.2, 0.25) is 0 Å². The molecule has 0 aliphatic carbocycles. The molecule has 24 heteroatoms. The van der Waals surface area contributed by atoms with E-state index in [1.807, 2.05) is 203 Å². The Labute approximate surface area is 866 Å². The van der Waals surface area contributed by atoms with Gasteiger partial charge in [-0.15, -0.1) is 0 Å². The maximum Gasteiger partial charge on any atom is 0.228 e. The number of nitrogens with zero attached hydrogens (tertiary/aromatic N) is 12. The van der Waals surface area contributed by atoms with E-state index in [1.165, 1.54) is 50.1 Å². The number of amides is 6. The maximum atomic E-state index is 11.5. The van der Waals surface area contributed by atoms with Crippen LogP contribution in [0.4, 0.5) is 34.1 Å². The molecule has 0 saturated carbocycles. The van der Waals surface area contributed by atoms with Gasteiger partial charge in [0.25, 0.3) is 0 Å². The number of hydrogen-bond acceptors (Lipinski definition) is 18. The van der Waals surface area contributed by atoms with Gasteiger partial charge in [-0.25, -0.2) is 29.9 Å². The Balaban J connectivity index is 0.000000112. The Morgan fingerprint density at radius 3 is 0.805 bits per heavy atom. The van der Waals surface area contributed by atoms with Crippen LogP contribution in [0.1, 0.15) is 129 Å². The fraction of sp³-hybridized carbons (Fsp3) is 0.184. The van der Waals surface area contributed by atoms with E-state index in [9.17, 15) is 28.8 Å². The summed E-state index contributed by atoms with van der Waals surface area (Å²) in [7, 11) is 0. The largest absolute Gasteiger partial charge is 0.326 e. The Kier molecular flexibility index (Phi) is 31.6. The van der Waals surface area contributed by atoms with Crippen molar-refractivity contribution in [2.24, 2.45) is 0 Å². The van der Waals surface area contributed by atoms with E-state index in [-0.39, 0.29) is 35.4 Å². The molecule has 6 N–H and O–H groups in total. The maximum absolute atomic E-state index is 11.5. The molecule has 6 amide bonds. The van der Waals surface area contributed by atoms with E-state index in [2.05, 4.69) is 253 Å². The lowest BCUT2D eigenvalue weighted by molar-refractivity contribution is -0.115. The first-order valence-corrected chi connectivity index (χ1v) is 50.5. The normalized spacial score (nSPS) is 12.8. The molecule has 0 unspecified atom stereocenters. The summed E-state index contributed by atoms with van der Waals surface area (Å²) in [5, 5.41) is 25.8. The summed E-state index contributed by atoms with van der Waals surface area (Å²) < 4.78 is 0. The molecule has 6 aliphatic rings. The Bertz CT molecular complexity index is 7590. The van der Waals surface area contributed by atoms with Crippen LogP contribution < -0.4 is 31.9 Å². The molecule has 0 radical (unpaired) electrons. The third kappa shape index (κ3) is 26.8. The van der Waals surface area contributed by atoms with Crippen molar-refractivity contribution in [2.45, 2.75) is 150 Å². The summed E-state index contributed by atoms with van der Waals surface area (Å²) >= 11 is 0. The molecule has 0 fully saturated rings. The van der Waals surface area contributed by atoms with Gasteiger partial charge < -0.3 is 31.9 Å². The standard InChI is InChI=1S/C22H21N3O.3C21H19N3O.2C20H17N3O/c1-14-3-5-16(6-4-14)7-10-21-23-13-19(15(2)24-21)17-8-9-20-18(11-17)12-22(26)25-20;1-14-2-4-15(5-3-14)6-8-18-9-11-20(24-23-18)16-7-10-19-17(12-16)13-21(25)22-19;1-14-2-4-15(5-3-14)6-8-18-12-23-20(13-22-18)16-7-9-19-17(10-16)11-21(25)24-19;1-14-18(16-8-9-19-17(11-16)12-21(25)24-19)13-22-20(23-14)10-7-15-5-3-2-4-6-15;24-20-11-16-10-15(7-8-18(16)23-20)17-12-21-19(22-13-17)9-6-14-4-2-1-3-5-14;24-20-11-16-10-15(7-9-18(16)23-20)19-13-21-17(12-22-19)8-6-14-4-2-1-3-5-14/h3-6,8-9,11,13H,7,10,12H2,1-2H3,(H,25,26);2-5,7,9-12H,6,8,13H2,1H3,(H,22,25);2-5,7,9-10,12-13H,6,8,11H2,1H3,(H,24,25);2-6,8-9,11,13H,7,10,12H2,1H3,(H,24,25);1-5,7-8,10,12-13H,6,9,11H2,(H,23,24);1-5,7,9-10,12-13H,6,8,11H2,(H,23,24). The molecule has 0 atom stereocenters. The number of nitrogens with one attached hydrogen (secondary N) is 6. The van der Waals surface area contributed by atoms with Gasteiger partial charge in [-0.3, -0.25) is 48.7 Å². The van der Waals surface area contributed by atoms with Gasteiger partial charge in [0.15, 0.2) is 0 Å². The van der Waals surface area contributed by atoms with Crippen LogP contribution >= 0.6 is 0 Å². The second-order valence-electron chi connectivity index (χ2n) is 38.1. The molecule has 24 rings (SSSR count). The summed E-state index contributed by atoms with van der Waals surface area (Å²) in [6.45, 7) is 10.3. The van der Waals surface area contributed by atoms with Crippen LogP contribution in [0.3, 0.4) is 0 Å². The topological polar surface area (TPSA) is 329 Å². The van der Waals surface area contributed by atoms with Crippen LogP contribution in [0.15, 0.2) is 335 Å². The number of carbonyl (C=O) groups excluding carboxylic acids is 6. The average Bonchev–Trinajstić information content (AvgIpc) is 1.76. The van der Waals surface area contributed by atoms with Crippen molar-refractivity contribution >= 4 is 69.6 Å². The van der Waals surface area contributed by atoms with Gasteiger partial charge in [0.1, 0.15) is 17.5 Å². The highest BCUT2D eigenvalue weighted by Gasteiger charge is 2.26. The molecule has 0 saturated heterocycles. The van der Waals surface area contributed by atoms with Crippen molar-refractivity contribution in [3.05, 3.63) is 464 Å². The molecule has 6 aliphatic heterocycles. The monoisotopic (exact) mass is 1960 g/mol. The first-order valence-electron chi connectivity index (χ1n) is 50.5. The molecule has 0 bridgehead atoms. The van der Waals surface area contributed by atoms with Crippen LogP contribution in [-0.4, -0.2) is 95.5 Å². The van der Waals surface area contributed by atoms with Gasteiger partial charge in [0.2, 0.25) is 35.4 Å². The lowest BCUT2D eigenvalue weighted by Gasteiger charge is -2.09. The number of fused-ring (bicyclic) bond motifs is 6. The zero-order chi connectivity index (χ0) is 102. The minimum Gasteiger partial charge on any atom is -0.326 e. The van der Waals surface area contributed by atoms with E-state index in [4.69, 9.17) is 4.98 Å². The summed E-state index contributed by atoms with van der Waals surface area (Å²) in [5.41, 5.74) is 39.8. The number of carbonyl (C=O) groups is 6. The van der Waals surface area contributed by atoms with Crippen LogP contribution in [-0.2, 0) is 144 Å². The van der Waals surface area contributed by atoms with E-state index >= 15 is 0 Å². The Morgan fingerprint density at radius 1 is 0.208 bits per heavy atom. The van der Waals surface area contributed by atoms with Gasteiger partial charge in [-0.2, -0.15) is 10.2 Å². The van der Waals surface area contributed by atoms with Crippen molar-refractivity contribution in [1.29, 1.82) is 0 Å². The van der Waals surface area contributed by atoms with E-state index < -0.39 is 0 Å². The molecular weight excluding hydrogens is 1850 g/mol. The molecule has 12 heterocycles. The van der Waals surface area contributed by atoms with E-state index in [0.29, 0.717) is 38.5 Å². The van der Waals surface area contributed by atoms with Crippen molar-refractivity contribution in [2.75, 3.05) is 31.9 Å². The highest BCUT2D eigenvalue weighted by atomic mass is 16.2. The molecule has 12 aromatic carbocycles. The predicted octanol–water partition coefficient (Wildman–Crippen LogP) is 22.1. The van der Waals surface area contributed by atoms with Gasteiger partial charge >= 0.3 is 0 Å². The number of rotatable bonds is 24. The SMILES string of the molecule is Cc1ccc(CCc2ccc(-c3ccc4c(c3)CC(=O)N4)nn2)cc1.Cc1ccc(CCc2cnc(-c3ccc4c(c3)CC(=O)N4)cn2)cc1.Cc1ccc(CCc2ncc(-c3ccc4c(c3)CC(=O)N4)c(C)n2)cc1.Cc1nc(CCc2ccccc2)ncc1-c1ccc2c(c1)CC(=O)N2.O=C1Cc2cc(-c3cnc(CCc4ccccc4)cn3)ccc2N1.O=C1Cc2cc(-c3cnc(CCc4ccccc4)nc3)ccc2N1. The van der Waals surface area contributed by atoms with Crippen molar-refractivity contribution in [1.82, 2.24) is 60.0 Å². The summed E-state index contributed by atoms with van der Waals surface area (Å²) in [6, 6.07) is 96.8. The van der Waals surface area contributed by atoms with Gasteiger partial charge in [0.05, 0.1) is 85.1 Å². The highest BCUT2D eigenvalue weighted by Crippen LogP contribution is 2.37. The van der Waals surface area contributed by atoms with E-state index in [0.717, 1.165) is 258 Å². The fourth-order valence-corrected chi connectivity index (χ4v) is 18.5. The van der Waals surface area contributed by atoms with Crippen molar-refractivity contribution < 1.29 is 28.8 Å². The number of benzene rings is 12. The smallest absolute Gasteiger partial charge is 0.228 e. The van der Waals surface area contributed by atoms with Gasteiger partial charge in [-0.05, 0) is 261 Å². The highest BCUT2D eigenvalue weighted by molar-refractivity contribution is 6.03. The quantitative estimate of drug-likeness (QED) is 0.0327. The lowest BCUT2D eigenvalue weighted by Crippen LogP contribution is -2.03. The van der Waals surface area contributed by atoms with E-state index in [1.54, 1.807) is 0 Å². The molecular formula is C125H112N18O6. The van der Waals surface area contributed by atoms with Crippen LogP contribution in [0.5, 0.6) is 0 Å². The zero-order valence-electron chi connectivity index (χ0n) is 83.8. The van der Waals surface area contributed by atoms with Gasteiger partial charge in [0, 0.05) is 135 Å². The number of hydrogen-bond donors (Lipinski definition) is 6. The lowest BCUT2D eigenvalue weighted by atomic mass is 10.0. The minimum absolute atomic E-state index is 0.0458. The second kappa shape index (κ2) is 47.2.